The van der Waals surface area contributed by atoms with Crippen molar-refractivity contribution < 1.29 is 0 Å². The lowest BCUT2D eigenvalue weighted by atomic mass is 10.2. The highest BCUT2D eigenvalue weighted by atomic mass is 32.1. The maximum absolute atomic E-state index is 12.0. The lowest BCUT2D eigenvalue weighted by molar-refractivity contribution is 0.899. The standard InChI is InChI=1S/C14H11N3OS/c18-14-9-2-1-3-10(9)16-13(17-14)8-6-12-11(15-7-8)4-5-19-12/h4-7H,1-3H2,(H,16,17,18). The number of H-pyrrole nitrogens is 1. The Morgan fingerprint density at radius 2 is 2.26 bits per heavy atom. The zero-order valence-electron chi connectivity index (χ0n) is 10.1. The average molecular weight is 269 g/mol. The quantitative estimate of drug-likeness (QED) is 0.738. The van der Waals surface area contributed by atoms with Gasteiger partial charge in [0.05, 0.1) is 15.9 Å². The number of nitrogens with one attached hydrogen (secondary N) is 1. The van der Waals surface area contributed by atoms with Crippen molar-refractivity contribution in [3.05, 3.63) is 45.3 Å². The van der Waals surface area contributed by atoms with Crippen molar-refractivity contribution in [3.63, 3.8) is 0 Å². The number of fused-ring (bicyclic) bond motifs is 2. The molecule has 0 amide bonds. The van der Waals surface area contributed by atoms with E-state index in [1.807, 2.05) is 17.5 Å². The molecule has 94 valence electrons. The van der Waals surface area contributed by atoms with E-state index in [2.05, 4.69) is 15.0 Å². The van der Waals surface area contributed by atoms with Crippen LogP contribution < -0.4 is 5.56 Å². The van der Waals surface area contributed by atoms with Gasteiger partial charge in [0.2, 0.25) is 0 Å². The maximum atomic E-state index is 12.0. The molecule has 0 unspecified atom stereocenters. The molecule has 3 heterocycles. The van der Waals surface area contributed by atoms with E-state index in [0.29, 0.717) is 5.82 Å². The lowest BCUT2D eigenvalue weighted by Crippen LogP contribution is -2.15. The highest BCUT2D eigenvalue weighted by molar-refractivity contribution is 7.17. The number of aromatic amines is 1. The number of hydrogen-bond donors (Lipinski definition) is 1. The Morgan fingerprint density at radius 3 is 3.21 bits per heavy atom. The van der Waals surface area contributed by atoms with E-state index < -0.39 is 0 Å². The van der Waals surface area contributed by atoms with Crippen LogP contribution in [0.4, 0.5) is 0 Å². The van der Waals surface area contributed by atoms with Crippen molar-refractivity contribution in [2.24, 2.45) is 0 Å². The monoisotopic (exact) mass is 269 g/mol. The Balaban J connectivity index is 1.92. The molecule has 4 rings (SSSR count). The van der Waals surface area contributed by atoms with Gasteiger partial charge in [-0.05, 0) is 36.8 Å². The van der Waals surface area contributed by atoms with E-state index in [0.717, 1.165) is 46.3 Å². The molecular weight excluding hydrogens is 258 g/mol. The van der Waals surface area contributed by atoms with Gasteiger partial charge in [0.25, 0.3) is 5.56 Å². The summed E-state index contributed by atoms with van der Waals surface area (Å²) in [6.07, 6.45) is 4.55. The van der Waals surface area contributed by atoms with Crippen molar-refractivity contribution in [2.75, 3.05) is 0 Å². The number of aromatic nitrogens is 3. The molecule has 0 fully saturated rings. The number of thiophene rings is 1. The molecule has 0 spiro atoms. The van der Waals surface area contributed by atoms with Crippen LogP contribution in [0.15, 0.2) is 28.5 Å². The molecule has 0 atom stereocenters. The van der Waals surface area contributed by atoms with Crippen molar-refractivity contribution in [3.8, 4) is 11.4 Å². The van der Waals surface area contributed by atoms with Gasteiger partial charge in [-0.3, -0.25) is 9.78 Å². The Morgan fingerprint density at radius 1 is 1.32 bits per heavy atom. The van der Waals surface area contributed by atoms with Crippen LogP contribution in [0.25, 0.3) is 21.6 Å². The molecule has 3 aromatic heterocycles. The first-order valence-electron chi connectivity index (χ1n) is 6.27. The molecule has 0 saturated heterocycles. The highest BCUT2D eigenvalue weighted by Gasteiger charge is 2.17. The van der Waals surface area contributed by atoms with Gasteiger partial charge in [-0.15, -0.1) is 11.3 Å². The van der Waals surface area contributed by atoms with Gasteiger partial charge in [0.1, 0.15) is 5.82 Å². The Kier molecular flexibility index (Phi) is 2.29. The summed E-state index contributed by atoms with van der Waals surface area (Å²) in [5.74, 6) is 0.633. The minimum atomic E-state index is 0.00350. The number of nitrogens with zero attached hydrogens (tertiary/aromatic N) is 2. The average Bonchev–Trinajstić information content (AvgIpc) is 3.06. The molecule has 1 aliphatic carbocycles. The molecular formula is C14H11N3OS. The molecule has 1 aliphatic rings. The third-order valence-electron chi connectivity index (χ3n) is 3.52. The summed E-state index contributed by atoms with van der Waals surface area (Å²) in [7, 11) is 0. The van der Waals surface area contributed by atoms with Crippen LogP contribution in [0.3, 0.4) is 0 Å². The summed E-state index contributed by atoms with van der Waals surface area (Å²) in [6.45, 7) is 0. The molecule has 0 aliphatic heterocycles. The normalized spacial score (nSPS) is 13.9. The van der Waals surface area contributed by atoms with E-state index in [4.69, 9.17) is 0 Å². The smallest absolute Gasteiger partial charge is 0.254 e. The fraction of sp³-hybridized carbons (Fsp3) is 0.214. The summed E-state index contributed by atoms with van der Waals surface area (Å²) >= 11 is 1.64. The van der Waals surface area contributed by atoms with Crippen molar-refractivity contribution in [1.82, 2.24) is 15.0 Å². The second-order valence-corrected chi connectivity index (χ2v) is 5.67. The van der Waals surface area contributed by atoms with Crippen LogP contribution in [0, 0.1) is 0 Å². The summed E-state index contributed by atoms with van der Waals surface area (Å²) in [5.41, 5.74) is 3.67. The molecule has 4 nitrogen and oxygen atoms in total. The van der Waals surface area contributed by atoms with Gasteiger partial charge in [0, 0.05) is 17.3 Å². The van der Waals surface area contributed by atoms with Gasteiger partial charge < -0.3 is 4.98 Å². The largest absolute Gasteiger partial charge is 0.306 e. The third-order valence-corrected chi connectivity index (χ3v) is 4.37. The lowest BCUT2D eigenvalue weighted by Gasteiger charge is -2.03. The molecule has 0 radical (unpaired) electrons. The molecule has 0 aromatic carbocycles. The van der Waals surface area contributed by atoms with Crippen LogP contribution in [0.1, 0.15) is 17.7 Å². The van der Waals surface area contributed by atoms with Gasteiger partial charge in [-0.2, -0.15) is 0 Å². The van der Waals surface area contributed by atoms with Gasteiger partial charge >= 0.3 is 0 Å². The molecule has 0 saturated carbocycles. The predicted octanol–water partition coefficient (Wildman–Crippen LogP) is 2.54. The second-order valence-electron chi connectivity index (χ2n) is 4.72. The Bertz CT molecular complexity index is 834. The van der Waals surface area contributed by atoms with Crippen molar-refractivity contribution in [1.29, 1.82) is 0 Å². The maximum Gasteiger partial charge on any atom is 0.254 e. The minimum absolute atomic E-state index is 0.00350. The predicted molar refractivity (Wildman–Crippen MR) is 75.5 cm³/mol. The number of hydrogen-bond acceptors (Lipinski definition) is 4. The fourth-order valence-corrected chi connectivity index (χ4v) is 3.33. The topological polar surface area (TPSA) is 58.6 Å². The first-order chi connectivity index (χ1) is 9.31. The van der Waals surface area contributed by atoms with E-state index in [1.165, 1.54) is 0 Å². The van der Waals surface area contributed by atoms with Crippen molar-refractivity contribution in [2.45, 2.75) is 19.3 Å². The number of rotatable bonds is 1. The summed E-state index contributed by atoms with van der Waals surface area (Å²) in [6, 6.07) is 4.02. The minimum Gasteiger partial charge on any atom is -0.306 e. The van der Waals surface area contributed by atoms with Crippen molar-refractivity contribution >= 4 is 21.6 Å². The van der Waals surface area contributed by atoms with Crippen LogP contribution >= 0.6 is 11.3 Å². The fourth-order valence-electron chi connectivity index (χ4n) is 2.55. The summed E-state index contributed by atoms with van der Waals surface area (Å²) in [5, 5.41) is 2.01. The van der Waals surface area contributed by atoms with Crippen LogP contribution in [0.5, 0.6) is 0 Å². The van der Waals surface area contributed by atoms with Gasteiger partial charge in [0.15, 0.2) is 0 Å². The summed E-state index contributed by atoms with van der Waals surface area (Å²) < 4.78 is 1.11. The van der Waals surface area contributed by atoms with Gasteiger partial charge in [-0.25, -0.2) is 4.98 Å². The second kappa shape index (κ2) is 3.99. The van der Waals surface area contributed by atoms with E-state index >= 15 is 0 Å². The molecule has 3 aromatic rings. The van der Waals surface area contributed by atoms with E-state index in [-0.39, 0.29) is 5.56 Å². The zero-order valence-corrected chi connectivity index (χ0v) is 11.0. The van der Waals surface area contributed by atoms with Crippen LogP contribution in [-0.4, -0.2) is 15.0 Å². The first kappa shape index (κ1) is 10.9. The van der Waals surface area contributed by atoms with E-state index in [9.17, 15) is 4.79 Å². The van der Waals surface area contributed by atoms with Crippen LogP contribution in [-0.2, 0) is 12.8 Å². The molecule has 0 bridgehead atoms. The summed E-state index contributed by atoms with van der Waals surface area (Å²) in [4.78, 5) is 23.9. The first-order valence-corrected chi connectivity index (χ1v) is 7.15. The van der Waals surface area contributed by atoms with Crippen LogP contribution in [0.2, 0.25) is 0 Å². The zero-order chi connectivity index (χ0) is 12.8. The molecule has 19 heavy (non-hydrogen) atoms. The molecule has 5 heteroatoms. The number of aryl methyl sites for hydroxylation is 1. The van der Waals surface area contributed by atoms with E-state index in [1.54, 1.807) is 17.5 Å². The Labute approximate surface area is 113 Å². The third kappa shape index (κ3) is 1.69. The Hall–Kier alpha value is -2.01. The SMILES string of the molecule is O=c1[nH]c(-c2cnc3ccsc3c2)nc2c1CCC2. The molecule has 1 N–H and O–H groups in total. The number of pyridine rings is 1. The highest BCUT2D eigenvalue weighted by Crippen LogP contribution is 2.25. The van der Waals surface area contributed by atoms with Gasteiger partial charge in [-0.1, -0.05) is 0 Å².